The summed E-state index contributed by atoms with van der Waals surface area (Å²) in [6, 6.07) is 13.0. The van der Waals surface area contributed by atoms with E-state index in [0.717, 1.165) is 5.56 Å². The zero-order valence-corrected chi connectivity index (χ0v) is 21.7. The van der Waals surface area contributed by atoms with E-state index >= 15 is 0 Å². The van der Waals surface area contributed by atoms with Gasteiger partial charge in [-0.2, -0.15) is 0 Å². The molecule has 0 N–H and O–H groups in total. The molecule has 0 aromatic heterocycles. The fraction of sp³-hybridized carbons (Fsp3) is 0.240. The molecule has 2 aromatic rings. The standard InChI is InChI=1S/C25H22N3O8S.Li/c1-15(29)35-13-18-14-37-24-21(26-11-16-3-7-19(8-4-16)28(32)33)23(30)27(24)22(18)25(31)36-12-17-5-9-20(34-2)10-6-17;/h3-11,24H,12-14H2,1-2H3;/q-1;+1/t24-;/m1./s1. The Morgan fingerprint density at radius 1 is 1.16 bits per heavy atom. The molecular formula is C25H22LiN3O8S. The van der Waals surface area contributed by atoms with Crippen LogP contribution >= 0.6 is 11.8 Å². The van der Waals surface area contributed by atoms with Crippen LogP contribution in [0.4, 0.5) is 5.69 Å². The predicted molar refractivity (Wildman–Crippen MR) is 133 cm³/mol. The summed E-state index contributed by atoms with van der Waals surface area (Å²) in [7, 11) is 1.55. The summed E-state index contributed by atoms with van der Waals surface area (Å²) in [5.74, 6) is -0.717. The molecule has 1 atom stereocenters. The SMILES string of the molecule is COc1ccc(COC(=O)C2=C(COC(C)=O)CS[C@@H]3[C-](N=Cc4ccc([N+](=O)[O-])cc4)C(=O)N23)cc1.[Li+]. The molecule has 0 bridgehead atoms. The number of thioether (sulfide) groups is 1. The third kappa shape index (κ3) is 6.39. The summed E-state index contributed by atoms with van der Waals surface area (Å²) < 4.78 is 15.7. The smallest absolute Gasteiger partial charge is 0.497 e. The molecule has 0 unspecified atom stereocenters. The number of hydrogen-bond donors (Lipinski definition) is 0. The third-order valence-electron chi connectivity index (χ3n) is 5.53. The van der Waals surface area contributed by atoms with Crippen molar-refractivity contribution in [2.45, 2.75) is 18.9 Å². The Morgan fingerprint density at radius 2 is 1.84 bits per heavy atom. The van der Waals surface area contributed by atoms with Crippen LogP contribution in [0.25, 0.3) is 0 Å². The molecule has 0 saturated carbocycles. The number of amides is 1. The maximum Gasteiger partial charge on any atom is 1.00 e. The van der Waals surface area contributed by atoms with Gasteiger partial charge in [0.1, 0.15) is 24.7 Å². The van der Waals surface area contributed by atoms with Crippen molar-refractivity contribution in [3.63, 3.8) is 0 Å². The third-order valence-corrected chi connectivity index (χ3v) is 6.79. The summed E-state index contributed by atoms with van der Waals surface area (Å²) in [5.41, 5.74) is 1.76. The van der Waals surface area contributed by atoms with Crippen molar-refractivity contribution < 1.29 is 52.4 Å². The summed E-state index contributed by atoms with van der Waals surface area (Å²) in [6.45, 7) is 1.09. The van der Waals surface area contributed by atoms with E-state index in [9.17, 15) is 24.5 Å². The van der Waals surface area contributed by atoms with Gasteiger partial charge in [0.05, 0.1) is 17.4 Å². The van der Waals surface area contributed by atoms with E-state index in [1.165, 1.54) is 54.1 Å². The number of carbonyl (C=O) groups is 3. The van der Waals surface area contributed by atoms with E-state index in [-0.39, 0.29) is 49.5 Å². The number of benzene rings is 2. The van der Waals surface area contributed by atoms with Crippen LogP contribution in [0.5, 0.6) is 5.75 Å². The molecule has 2 aliphatic rings. The number of methoxy groups -OCH3 is 1. The van der Waals surface area contributed by atoms with Crippen molar-refractivity contribution in [1.29, 1.82) is 0 Å². The van der Waals surface area contributed by atoms with Gasteiger partial charge in [-0.15, -0.1) is 18.0 Å². The maximum atomic E-state index is 13.1. The Bertz CT molecular complexity index is 1280. The number of carbonyl (C=O) groups excluding carboxylic acids is 3. The van der Waals surface area contributed by atoms with E-state index in [2.05, 4.69) is 4.99 Å². The molecule has 13 heteroatoms. The molecule has 1 fully saturated rings. The summed E-state index contributed by atoms with van der Waals surface area (Å²) in [5, 5.41) is 10.3. The Balaban J connectivity index is 0.00000400. The number of β-lactam (4-membered cyclic amide) rings is 1. The monoisotopic (exact) mass is 531 g/mol. The largest absolute Gasteiger partial charge is 1.00 e. The number of esters is 2. The van der Waals surface area contributed by atoms with E-state index < -0.39 is 28.1 Å². The van der Waals surface area contributed by atoms with Crippen molar-refractivity contribution in [3.8, 4) is 5.75 Å². The van der Waals surface area contributed by atoms with Crippen molar-refractivity contribution in [1.82, 2.24) is 4.90 Å². The second-order valence-electron chi connectivity index (χ2n) is 7.99. The molecule has 0 aliphatic carbocycles. The number of non-ortho nitro benzene ring substituents is 1. The Hall–Kier alpha value is -3.72. The molecule has 1 saturated heterocycles. The van der Waals surface area contributed by atoms with Gasteiger partial charge in [0.2, 0.25) is 0 Å². The molecule has 2 aliphatic heterocycles. The van der Waals surface area contributed by atoms with Crippen LogP contribution in [0.15, 0.2) is 64.8 Å². The first-order chi connectivity index (χ1) is 17.8. The Kier molecular flexibility index (Phi) is 9.63. The average Bonchev–Trinajstić information content (AvgIpc) is 2.90. The molecule has 2 heterocycles. The van der Waals surface area contributed by atoms with Gasteiger partial charge in [0.25, 0.3) is 5.69 Å². The average molecular weight is 531 g/mol. The van der Waals surface area contributed by atoms with Gasteiger partial charge in [-0.1, -0.05) is 29.8 Å². The van der Waals surface area contributed by atoms with E-state index in [4.69, 9.17) is 14.2 Å². The minimum Gasteiger partial charge on any atom is -0.497 e. The number of hydrogen-bond acceptors (Lipinski definition) is 10. The molecule has 11 nitrogen and oxygen atoms in total. The molecule has 0 radical (unpaired) electrons. The van der Waals surface area contributed by atoms with Gasteiger partial charge in [-0.25, -0.2) is 4.79 Å². The summed E-state index contributed by atoms with van der Waals surface area (Å²) >= 11 is 1.36. The van der Waals surface area contributed by atoms with Gasteiger partial charge >= 0.3 is 30.8 Å². The van der Waals surface area contributed by atoms with Crippen LogP contribution in [0.2, 0.25) is 0 Å². The number of fused-ring (bicyclic) bond motifs is 1. The summed E-state index contributed by atoms with van der Waals surface area (Å²) in [4.78, 5) is 53.4. The number of nitro groups is 1. The number of rotatable bonds is 9. The molecule has 1 amide bonds. The van der Waals surface area contributed by atoms with Crippen molar-refractivity contribution in [3.05, 3.63) is 87.1 Å². The molecule has 192 valence electrons. The molecule has 4 rings (SSSR count). The van der Waals surface area contributed by atoms with Crippen LogP contribution in [-0.2, 0) is 30.5 Å². The van der Waals surface area contributed by atoms with Gasteiger partial charge < -0.3 is 24.1 Å². The van der Waals surface area contributed by atoms with Crippen LogP contribution in [-0.4, -0.2) is 58.7 Å². The first-order valence-electron chi connectivity index (χ1n) is 11.0. The second kappa shape index (κ2) is 12.7. The van der Waals surface area contributed by atoms with Crippen molar-refractivity contribution in [2.75, 3.05) is 19.5 Å². The zero-order valence-electron chi connectivity index (χ0n) is 20.9. The number of nitrogens with zero attached hydrogens (tertiary/aromatic N) is 3. The first-order valence-corrected chi connectivity index (χ1v) is 12.1. The number of aliphatic imine (C=N–C) groups is 1. The van der Waals surface area contributed by atoms with E-state index in [1.54, 1.807) is 31.4 Å². The molecular weight excluding hydrogens is 509 g/mol. The van der Waals surface area contributed by atoms with Crippen LogP contribution < -0.4 is 23.6 Å². The Morgan fingerprint density at radius 3 is 2.45 bits per heavy atom. The first kappa shape index (κ1) is 28.8. The number of ether oxygens (including phenoxy) is 3. The predicted octanol–water partition coefficient (Wildman–Crippen LogP) is 0.0340. The van der Waals surface area contributed by atoms with E-state index in [1.807, 2.05) is 0 Å². The quantitative estimate of drug-likeness (QED) is 0.0835. The minimum atomic E-state index is -0.713. The number of nitro benzene ring substituents is 1. The summed E-state index contributed by atoms with van der Waals surface area (Å²) in [6.07, 6.45) is 1.44. The van der Waals surface area contributed by atoms with Crippen LogP contribution in [0, 0.1) is 16.2 Å². The maximum absolute atomic E-state index is 13.1. The normalized spacial score (nSPS) is 16.4. The van der Waals surface area contributed by atoms with Crippen LogP contribution in [0.1, 0.15) is 18.1 Å². The topological polar surface area (TPSA) is 138 Å². The molecule has 0 spiro atoms. The van der Waals surface area contributed by atoms with Crippen LogP contribution in [0.3, 0.4) is 0 Å². The van der Waals surface area contributed by atoms with Crippen molar-refractivity contribution >= 4 is 41.5 Å². The van der Waals surface area contributed by atoms with Gasteiger partial charge in [-0.3, -0.25) is 19.7 Å². The van der Waals surface area contributed by atoms with Gasteiger partial charge in [0, 0.05) is 30.4 Å². The minimum absolute atomic E-state index is 0. The van der Waals surface area contributed by atoms with E-state index in [0.29, 0.717) is 22.6 Å². The van der Waals surface area contributed by atoms with Crippen molar-refractivity contribution in [2.24, 2.45) is 4.99 Å². The second-order valence-corrected chi connectivity index (χ2v) is 9.06. The van der Waals surface area contributed by atoms with Gasteiger partial charge in [0.15, 0.2) is 5.91 Å². The fourth-order valence-electron chi connectivity index (χ4n) is 3.61. The van der Waals surface area contributed by atoms with Gasteiger partial charge in [-0.05, 0) is 23.7 Å². The zero-order chi connectivity index (χ0) is 26.5. The fourth-order valence-corrected chi connectivity index (χ4v) is 4.86. The Labute approximate surface area is 234 Å². The molecule has 38 heavy (non-hydrogen) atoms. The molecule has 2 aromatic carbocycles.